The summed E-state index contributed by atoms with van der Waals surface area (Å²) >= 11 is 0. The molecule has 1 aromatic carbocycles. The van der Waals surface area contributed by atoms with Crippen LogP contribution < -0.4 is 0 Å². The summed E-state index contributed by atoms with van der Waals surface area (Å²) < 4.78 is 37.6. The van der Waals surface area contributed by atoms with Crippen molar-refractivity contribution in [3.63, 3.8) is 0 Å². The Bertz CT molecular complexity index is 233. The van der Waals surface area contributed by atoms with Crippen molar-refractivity contribution in [3.05, 3.63) is 35.9 Å². The van der Waals surface area contributed by atoms with E-state index < -0.39 is 25.4 Å². The third kappa shape index (κ3) is 1.85. The highest BCUT2D eigenvalue weighted by molar-refractivity contribution is 5.25. The SMILES string of the molecule is FCC(CF)(CF)c1ccccc1. The first-order chi connectivity index (χ1) is 6.29. The monoisotopic (exact) mass is 188 g/mol. The van der Waals surface area contributed by atoms with Gasteiger partial charge in [-0.1, -0.05) is 30.3 Å². The quantitative estimate of drug-likeness (QED) is 0.681. The van der Waals surface area contributed by atoms with Crippen molar-refractivity contribution < 1.29 is 13.2 Å². The summed E-state index contributed by atoms with van der Waals surface area (Å²) in [5.41, 5.74) is -1.20. The topological polar surface area (TPSA) is 0 Å². The second-order valence-electron chi connectivity index (χ2n) is 3.05. The van der Waals surface area contributed by atoms with Crippen molar-refractivity contribution >= 4 is 0 Å². The second-order valence-corrected chi connectivity index (χ2v) is 3.05. The van der Waals surface area contributed by atoms with Crippen molar-refractivity contribution in [2.24, 2.45) is 0 Å². The van der Waals surface area contributed by atoms with Crippen LogP contribution in [0.15, 0.2) is 30.3 Å². The lowest BCUT2D eigenvalue weighted by atomic mass is 9.84. The van der Waals surface area contributed by atoms with Crippen molar-refractivity contribution in [2.75, 3.05) is 20.0 Å². The van der Waals surface area contributed by atoms with E-state index in [1.807, 2.05) is 0 Å². The van der Waals surface area contributed by atoms with Gasteiger partial charge in [-0.25, -0.2) is 13.2 Å². The number of alkyl halides is 3. The Morgan fingerprint density at radius 3 is 1.69 bits per heavy atom. The van der Waals surface area contributed by atoms with Gasteiger partial charge in [-0.3, -0.25) is 0 Å². The Kier molecular flexibility index (Phi) is 3.34. The molecule has 13 heavy (non-hydrogen) atoms. The molecule has 3 heteroatoms. The van der Waals surface area contributed by atoms with Gasteiger partial charge in [0.1, 0.15) is 20.0 Å². The molecule has 0 atom stereocenters. The molecule has 0 aromatic heterocycles. The van der Waals surface area contributed by atoms with Crippen LogP contribution in [0.4, 0.5) is 13.2 Å². The van der Waals surface area contributed by atoms with Crippen LogP contribution in [0.3, 0.4) is 0 Å². The molecule has 1 aromatic rings. The van der Waals surface area contributed by atoms with Crippen LogP contribution in [0.5, 0.6) is 0 Å². The third-order valence-electron chi connectivity index (χ3n) is 2.15. The zero-order valence-electron chi connectivity index (χ0n) is 7.14. The minimum absolute atomic E-state index is 0.377. The molecule has 1 rings (SSSR count). The molecule has 0 heterocycles. The van der Waals surface area contributed by atoms with E-state index >= 15 is 0 Å². The van der Waals surface area contributed by atoms with Gasteiger partial charge in [0.05, 0.1) is 5.41 Å². The van der Waals surface area contributed by atoms with E-state index in [-0.39, 0.29) is 0 Å². The number of halogens is 3. The van der Waals surface area contributed by atoms with Crippen molar-refractivity contribution in [2.45, 2.75) is 5.41 Å². The highest BCUT2D eigenvalue weighted by Crippen LogP contribution is 2.26. The number of benzene rings is 1. The summed E-state index contributed by atoms with van der Waals surface area (Å²) in [5, 5.41) is 0. The summed E-state index contributed by atoms with van der Waals surface area (Å²) in [6.45, 7) is -3.03. The van der Waals surface area contributed by atoms with Gasteiger partial charge in [0, 0.05) is 0 Å². The molecule has 0 radical (unpaired) electrons. The number of hydrogen-bond acceptors (Lipinski definition) is 0. The number of hydrogen-bond donors (Lipinski definition) is 0. The van der Waals surface area contributed by atoms with E-state index in [0.29, 0.717) is 5.56 Å². The molecule has 0 aliphatic carbocycles. The molecule has 0 N–H and O–H groups in total. The maximum Gasteiger partial charge on any atom is 0.104 e. The Morgan fingerprint density at radius 1 is 0.846 bits per heavy atom. The summed E-state index contributed by atoms with van der Waals surface area (Å²) in [6, 6.07) is 8.09. The van der Waals surface area contributed by atoms with Crippen molar-refractivity contribution in [3.8, 4) is 0 Å². The smallest absolute Gasteiger partial charge is 0.104 e. The lowest BCUT2D eigenvalue weighted by Gasteiger charge is -2.24. The van der Waals surface area contributed by atoms with Crippen LogP contribution in [-0.2, 0) is 5.41 Å². The van der Waals surface area contributed by atoms with Crippen LogP contribution >= 0.6 is 0 Å². The van der Waals surface area contributed by atoms with Crippen LogP contribution in [0, 0.1) is 0 Å². The predicted molar refractivity (Wildman–Crippen MR) is 46.0 cm³/mol. The third-order valence-corrected chi connectivity index (χ3v) is 2.15. The maximum absolute atomic E-state index is 12.5. The fourth-order valence-corrected chi connectivity index (χ4v) is 1.13. The first-order valence-electron chi connectivity index (χ1n) is 4.02. The average molecular weight is 188 g/mol. The summed E-state index contributed by atoms with van der Waals surface area (Å²) in [6.07, 6.45) is 0. The van der Waals surface area contributed by atoms with Crippen molar-refractivity contribution in [1.82, 2.24) is 0 Å². The molecular weight excluding hydrogens is 177 g/mol. The normalized spacial score (nSPS) is 11.6. The van der Waals surface area contributed by atoms with Gasteiger partial charge in [0.2, 0.25) is 0 Å². The minimum Gasteiger partial charge on any atom is -0.250 e. The Labute approximate surface area is 75.4 Å². The first-order valence-corrected chi connectivity index (χ1v) is 4.02. The molecule has 0 aliphatic rings. The summed E-state index contributed by atoms with van der Waals surface area (Å²) in [7, 11) is 0. The van der Waals surface area contributed by atoms with Crippen LogP contribution in [0.1, 0.15) is 5.56 Å². The van der Waals surface area contributed by atoms with E-state index in [0.717, 1.165) is 0 Å². The lowest BCUT2D eigenvalue weighted by Crippen LogP contribution is -2.33. The molecule has 72 valence electrons. The summed E-state index contributed by atoms with van der Waals surface area (Å²) in [5.74, 6) is 0. The number of rotatable bonds is 4. The molecule has 0 fully saturated rings. The molecule has 0 bridgehead atoms. The molecule has 0 saturated carbocycles. The second kappa shape index (κ2) is 4.30. The zero-order chi connectivity index (χ0) is 9.73. The van der Waals surface area contributed by atoms with Crippen LogP contribution in [0.2, 0.25) is 0 Å². The zero-order valence-corrected chi connectivity index (χ0v) is 7.14. The molecule has 0 saturated heterocycles. The standard InChI is InChI=1S/C10H11F3/c11-6-10(7-12,8-13)9-4-2-1-3-5-9/h1-5H,6-8H2. The van der Waals surface area contributed by atoms with Gasteiger partial charge >= 0.3 is 0 Å². The fourth-order valence-electron chi connectivity index (χ4n) is 1.13. The van der Waals surface area contributed by atoms with Gasteiger partial charge in [0.25, 0.3) is 0 Å². The van der Waals surface area contributed by atoms with Gasteiger partial charge in [-0.2, -0.15) is 0 Å². The van der Waals surface area contributed by atoms with E-state index in [4.69, 9.17) is 0 Å². The van der Waals surface area contributed by atoms with Gasteiger partial charge in [0.15, 0.2) is 0 Å². The molecule has 0 aliphatic heterocycles. The Morgan fingerprint density at radius 2 is 1.31 bits per heavy atom. The maximum atomic E-state index is 12.5. The van der Waals surface area contributed by atoms with E-state index in [1.165, 1.54) is 0 Å². The van der Waals surface area contributed by atoms with E-state index in [1.54, 1.807) is 30.3 Å². The van der Waals surface area contributed by atoms with Gasteiger partial charge in [-0.05, 0) is 5.56 Å². The van der Waals surface area contributed by atoms with Gasteiger partial charge < -0.3 is 0 Å². The molecular formula is C10H11F3. The molecule has 0 amide bonds. The summed E-state index contributed by atoms with van der Waals surface area (Å²) in [4.78, 5) is 0. The predicted octanol–water partition coefficient (Wildman–Crippen LogP) is 2.83. The largest absolute Gasteiger partial charge is 0.250 e. The highest BCUT2D eigenvalue weighted by atomic mass is 19.1. The van der Waals surface area contributed by atoms with E-state index in [2.05, 4.69) is 0 Å². The molecule has 0 unspecified atom stereocenters. The minimum atomic E-state index is -1.58. The van der Waals surface area contributed by atoms with Gasteiger partial charge in [-0.15, -0.1) is 0 Å². The average Bonchev–Trinajstić information content (AvgIpc) is 2.23. The molecule has 0 nitrogen and oxygen atoms in total. The van der Waals surface area contributed by atoms with Crippen molar-refractivity contribution in [1.29, 1.82) is 0 Å². The Hall–Kier alpha value is -0.990. The highest BCUT2D eigenvalue weighted by Gasteiger charge is 2.32. The fraction of sp³-hybridized carbons (Fsp3) is 0.400. The lowest BCUT2D eigenvalue weighted by molar-refractivity contribution is 0.191. The molecule has 0 spiro atoms. The Balaban J connectivity index is 3.01. The van der Waals surface area contributed by atoms with Crippen LogP contribution in [0.25, 0.3) is 0 Å². The first kappa shape index (κ1) is 10.1. The van der Waals surface area contributed by atoms with Crippen LogP contribution in [-0.4, -0.2) is 20.0 Å². The van der Waals surface area contributed by atoms with E-state index in [9.17, 15) is 13.2 Å².